The lowest BCUT2D eigenvalue weighted by Crippen LogP contribution is -2.13. The highest BCUT2D eigenvalue weighted by atomic mass is 16.5. The fourth-order valence-corrected chi connectivity index (χ4v) is 1.43. The summed E-state index contributed by atoms with van der Waals surface area (Å²) in [7, 11) is 1.59. The van der Waals surface area contributed by atoms with Crippen molar-refractivity contribution in [1.82, 2.24) is 0 Å². The van der Waals surface area contributed by atoms with E-state index >= 15 is 0 Å². The molecule has 0 N–H and O–H groups in total. The SMILES string of the molecule is COc1cc(C)c(OCC(=O)C=O)c(C)c1. The van der Waals surface area contributed by atoms with Crippen LogP contribution in [0.1, 0.15) is 11.1 Å². The summed E-state index contributed by atoms with van der Waals surface area (Å²) in [6.07, 6.45) is 0.258. The van der Waals surface area contributed by atoms with Crippen molar-refractivity contribution in [2.45, 2.75) is 13.8 Å². The lowest BCUT2D eigenvalue weighted by molar-refractivity contribution is -0.131. The largest absolute Gasteiger partial charge is 0.497 e. The summed E-state index contributed by atoms with van der Waals surface area (Å²) >= 11 is 0. The van der Waals surface area contributed by atoms with Gasteiger partial charge < -0.3 is 9.47 Å². The molecule has 0 aliphatic rings. The molecule has 1 aromatic rings. The molecule has 0 amide bonds. The maximum absolute atomic E-state index is 10.8. The van der Waals surface area contributed by atoms with Gasteiger partial charge in [-0.3, -0.25) is 9.59 Å². The fourth-order valence-electron chi connectivity index (χ4n) is 1.43. The molecule has 0 fully saturated rings. The average Bonchev–Trinajstić information content (AvgIpc) is 2.27. The standard InChI is InChI=1S/C12H14O4/c1-8-4-11(15-3)5-9(2)12(8)16-7-10(14)6-13/h4-6H,7H2,1-3H3. The van der Waals surface area contributed by atoms with Gasteiger partial charge in [0.1, 0.15) is 11.5 Å². The minimum atomic E-state index is -0.574. The Kier molecular flexibility index (Phi) is 4.05. The first-order valence-electron chi connectivity index (χ1n) is 4.84. The van der Waals surface area contributed by atoms with Crippen LogP contribution in [0.5, 0.6) is 11.5 Å². The third kappa shape index (κ3) is 2.82. The van der Waals surface area contributed by atoms with E-state index in [2.05, 4.69) is 0 Å². The zero-order chi connectivity index (χ0) is 12.1. The first-order chi connectivity index (χ1) is 7.58. The maximum atomic E-state index is 10.8. The van der Waals surface area contributed by atoms with E-state index < -0.39 is 5.78 Å². The number of carbonyl (C=O) groups excluding carboxylic acids is 2. The summed E-state index contributed by atoms with van der Waals surface area (Å²) in [5, 5.41) is 0. The highest BCUT2D eigenvalue weighted by molar-refractivity contribution is 6.25. The number of carbonyl (C=O) groups is 2. The molecule has 4 heteroatoms. The van der Waals surface area contributed by atoms with Crippen LogP contribution in [-0.2, 0) is 9.59 Å². The maximum Gasteiger partial charge on any atom is 0.232 e. The number of aryl methyl sites for hydroxylation is 2. The van der Waals surface area contributed by atoms with E-state index in [1.807, 2.05) is 26.0 Å². The molecule has 0 spiro atoms. The van der Waals surface area contributed by atoms with Crippen molar-refractivity contribution in [2.24, 2.45) is 0 Å². The van der Waals surface area contributed by atoms with Crippen LogP contribution in [0.15, 0.2) is 12.1 Å². The van der Waals surface area contributed by atoms with Gasteiger partial charge in [0.25, 0.3) is 0 Å². The first kappa shape index (κ1) is 12.2. The van der Waals surface area contributed by atoms with Crippen LogP contribution in [0.25, 0.3) is 0 Å². The fraction of sp³-hybridized carbons (Fsp3) is 0.333. The van der Waals surface area contributed by atoms with Gasteiger partial charge in [0.2, 0.25) is 5.78 Å². The Balaban J connectivity index is 2.88. The van der Waals surface area contributed by atoms with Gasteiger partial charge in [-0.05, 0) is 37.1 Å². The van der Waals surface area contributed by atoms with Crippen molar-refractivity contribution in [3.63, 3.8) is 0 Å². The molecule has 16 heavy (non-hydrogen) atoms. The average molecular weight is 222 g/mol. The minimum absolute atomic E-state index is 0.225. The topological polar surface area (TPSA) is 52.6 Å². The summed E-state index contributed by atoms with van der Waals surface area (Å²) in [5.41, 5.74) is 1.74. The predicted molar refractivity (Wildman–Crippen MR) is 59.0 cm³/mol. The molecular weight excluding hydrogens is 208 g/mol. The molecule has 0 aliphatic heterocycles. The molecule has 1 aromatic carbocycles. The summed E-state index contributed by atoms with van der Waals surface area (Å²) in [6.45, 7) is 3.49. The molecule has 0 atom stereocenters. The van der Waals surface area contributed by atoms with Crippen LogP contribution in [-0.4, -0.2) is 25.8 Å². The number of Topliss-reactive ketones (excluding diaryl/α,β-unsaturated/α-hetero) is 1. The molecule has 86 valence electrons. The van der Waals surface area contributed by atoms with Gasteiger partial charge in [-0.25, -0.2) is 0 Å². The van der Waals surface area contributed by atoms with E-state index in [1.165, 1.54) is 0 Å². The quantitative estimate of drug-likeness (QED) is 0.559. The smallest absolute Gasteiger partial charge is 0.232 e. The van der Waals surface area contributed by atoms with Gasteiger partial charge in [0, 0.05) is 0 Å². The number of methoxy groups -OCH3 is 1. The highest BCUT2D eigenvalue weighted by Crippen LogP contribution is 2.28. The molecule has 0 radical (unpaired) electrons. The van der Waals surface area contributed by atoms with E-state index in [0.29, 0.717) is 5.75 Å². The van der Waals surface area contributed by atoms with Crippen molar-refractivity contribution in [3.8, 4) is 11.5 Å². The molecule has 0 aromatic heterocycles. The van der Waals surface area contributed by atoms with E-state index in [1.54, 1.807) is 7.11 Å². The molecule has 0 heterocycles. The van der Waals surface area contributed by atoms with Crippen molar-refractivity contribution >= 4 is 12.1 Å². The van der Waals surface area contributed by atoms with Gasteiger partial charge in [0.05, 0.1) is 7.11 Å². The van der Waals surface area contributed by atoms with Crippen molar-refractivity contribution in [3.05, 3.63) is 23.3 Å². The summed E-state index contributed by atoms with van der Waals surface area (Å²) in [4.78, 5) is 21.0. The summed E-state index contributed by atoms with van der Waals surface area (Å²) < 4.78 is 10.4. The number of aldehydes is 1. The number of benzene rings is 1. The predicted octanol–water partition coefficient (Wildman–Crippen LogP) is 1.46. The Morgan fingerprint density at radius 2 is 1.88 bits per heavy atom. The lowest BCUT2D eigenvalue weighted by Gasteiger charge is -2.12. The van der Waals surface area contributed by atoms with Crippen LogP contribution in [0.2, 0.25) is 0 Å². The van der Waals surface area contributed by atoms with E-state index in [9.17, 15) is 9.59 Å². The molecule has 0 bridgehead atoms. The van der Waals surface area contributed by atoms with Crippen LogP contribution in [0.3, 0.4) is 0 Å². The Hall–Kier alpha value is -1.84. The number of ketones is 1. The second kappa shape index (κ2) is 5.30. The number of hydrogen-bond acceptors (Lipinski definition) is 4. The Morgan fingerprint density at radius 3 is 2.31 bits per heavy atom. The third-order valence-corrected chi connectivity index (χ3v) is 2.16. The summed E-state index contributed by atoms with van der Waals surface area (Å²) in [5.74, 6) is 0.787. The van der Waals surface area contributed by atoms with Gasteiger partial charge in [-0.2, -0.15) is 0 Å². The lowest BCUT2D eigenvalue weighted by atomic mass is 10.1. The Labute approximate surface area is 94.2 Å². The summed E-state index contributed by atoms with van der Waals surface area (Å²) in [6, 6.07) is 3.63. The monoisotopic (exact) mass is 222 g/mol. The third-order valence-electron chi connectivity index (χ3n) is 2.16. The second-order valence-corrected chi connectivity index (χ2v) is 3.46. The van der Waals surface area contributed by atoms with Crippen LogP contribution in [0.4, 0.5) is 0 Å². The van der Waals surface area contributed by atoms with Crippen LogP contribution >= 0.6 is 0 Å². The van der Waals surface area contributed by atoms with E-state index in [4.69, 9.17) is 9.47 Å². The minimum Gasteiger partial charge on any atom is -0.497 e. The van der Waals surface area contributed by atoms with Crippen LogP contribution in [0, 0.1) is 13.8 Å². The normalized spacial score (nSPS) is 9.69. The van der Waals surface area contributed by atoms with Crippen molar-refractivity contribution < 1.29 is 19.1 Å². The number of ether oxygens (including phenoxy) is 2. The Morgan fingerprint density at radius 1 is 1.31 bits per heavy atom. The molecule has 0 aliphatic carbocycles. The zero-order valence-electron chi connectivity index (χ0n) is 9.57. The first-order valence-corrected chi connectivity index (χ1v) is 4.84. The van der Waals surface area contributed by atoms with Gasteiger partial charge >= 0.3 is 0 Å². The van der Waals surface area contributed by atoms with E-state index in [0.717, 1.165) is 16.9 Å². The van der Waals surface area contributed by atoms with Gasteiger partial charge in [-0.15, -0.1) is 0 Å². The highest BCUT2D eigenvalue weighted by Gasteiger charge is 2.08. The Bertz CT molecular complexity index is 386. The number of rotatable bonds is 5. The molecule has 0 unspecified atom stereocenters. The van der Waals surface area contributed by atoms with Gasteiger partial charge in [0.15, 0.2) is 12.9 Å². The second-order valence-electron chi connectivity index (χ2n) is 3.46. The molecule has 1 rings (SSSR count). The van der Waals surface area contributed by atoms with E-state index in [-0.39, 0.29) is 12.9 Å². The molecule has 0 saturated heterocycles. The molecular formula is C12H14O4. The van der Waals surface area contributed by atoms with Gasteiger partial charge in [-0.1, -0.05) is 0 Å². The zero-order valence-corrected chi connectivity index (χ0v) is 9.57. The number of hydrogen-bond donors (Lipinski definition) is 0. The van der Waals surface area contributed by atoms with Crippen molar-refractivity contribution in [1.29, 1.82) is 0 Å². The molecule has 4 nitrogen and oxygen atoms in total. The molecule has 0 saturated carbocycles. The van der Waals surface area contributed by atoms with Crippen molar-refractivity contribution in [2.75, 3.05) is 13.7 Å². The van der Waals surface area contributed by atoms with Crippen LogP contribution < -0.4 is 9.47 Å².